The van der Waals surface area contributed by atoms with Gasteiger partial charge in [0.05, 0.1) is 10.8 Å². The molecule has 160 valence electrons. The fourth-order valence-electron chi connectivity index (χ4n) is 3.69. The van der Waals surface area contributed by atoms with E-state index in [2.05, 4.69) is 34.8 Å². The lowest BCUT2D eigenvalue weighted by molar-refractivity contribution is -0.122. The maximum Gasteiger partial charge on any atom is 0.220 e. The lowest BCUT2D eigenvalue weighted by Gasteiger charge is -2.22. The summed E-state index contributed by atoms with van der Waals surface area (Å²) in [5, 5.41) is 3.17. The van der Waals surface area contributed by atoms with Gasteiger partial charge in [-0.05, 0) is 51.7 Å². The van der Waals surface area contributed by atoms with Gasteiger partial charge in [0.15, 0.2) is 0 Å². The molecular weight excluding hydrogens is 384 g/mol. The molecule has 1 aliphatic rings. The van der Waals surface area contributed by atoms with Gasteiger partial charge < -0.3 is 5.32 Å². The molecule has 1 amide bonds. The van der Waals surface area contributed by atoms with E-state index in [1.807, 2.05) is 31.2 Å². The maximum atomic E-state index is 12.6. The van der Waals surface area contributed by atoms with E-state index in [0.717, 1.165) is 5.56 Å². The SMILES string of the molecule is C=CC1C(/C=C\C)c2ccccc2C1NC(=O)CCCCNS(=O)(=O)C(C)(C)C. The summed E-state index contributed by atoms with van der Waals surface area (Å²) in [5.41, 5.74) is 2.38. The summed E-state index contributed by atoms with van der Waals surface area (Å²) in [6.45, 7) is 11.3. The van der Waals surface area contributed by atoms with Crippen molar-refractivity contribution in [3.8, 4) is 0 Å². The number of benzene rings is 1. The Hall–Kier alpha value is -1.92. The molecule has 2 rings (SSSR count). The fraction of sp³-hybridized carbons (Fsp3) is 0.522. The molecule has 0 spiro atoms. The second kappa shape index (κ2) is 9.72. The normalized spacial score (nSPS) is 21.9. The van der Waals surface area contributed by atoms with E-state index in [1.165, 1.54) is 5.56 Å². The van der Waals surface area contributed by atoms with E-state index in [-0.39, 0.29) is 23.8 Å². The average Bonchev–Trinajstić information content (AvgIpc) is 2.94. The minimum Gasteiger partial charge on any atom is -0.349 e. The molecule has 6 heteroatoms. The number of carbonyl (C=O) groups excluding carboxylic acids is 1. The van der Waals surface area contributed by atoms with Crippen molar-refractivity contribution in [3.63, 3.8) is 0 Å². The summed E-state index contributed by atoms with van der Waals surface area (Å²) in [6.07, 6.45) is 7.75. The molecular formula is C23H34N2O3S. The van der Waals surface area contributed by atoms with E-state index in [0.29, 0.717) is 25.8 Å². The van der Waals surface area contributed by atoms with Gasteiger partial charge in [0.25, 0.3) is 0 Å². The van der Waals surface area contributed by atoms with Crippen molar-refractivity contribution in [1.29, 1.82) is 0 Å². The van der Waals surface area contributed by atoms with Crippen LogP contribution in [0.2, 0.25) is 0 Å². The molecule has 3 unspecified atom stereocenters. The van der Waals surface area contributed by atoms with Crippen LogP contribution in [0.5, 0.6) is 0 Å². The van der Waals surface area contributed by atoms with Crippen molar-refractivity contribution < 1.29 is 13.2 Å². The summed E-state index contributed by atoms with van der Waals surface area (Å²) in [5.74, 6) is 0.313. The van der Waals surface area contributed by atoms with Crippen LogP contribution in [0.25, 0.3) is 0 Å². The molecule has 1 aliphatic carbocycles. The Bertz CT molecular complexity index is 853. The van der Waals surface area contributed by atoms with Gasteiger partial charge in [0.2, 0.25) is 15.9 Å². The van der Waals surface area contributed by atoms with E-state index in [4.69, 9.17) is 0 Å². The number of carbonyl (C=O) groups is 1. The second-order valence-corrected chi connectivity index (χ2v) is 11.0. The van der Waals surface area contributed by atoms with Crippen molar-refractivity contribution in [2.24, 2.45) is 5.92 Å². The van der Waals surface area contributed by atoms with E-state index in [1.54, 1.807) is 20.8 Å². The predicted octanol–water partition coefficient (Wildman–Crippen LogP) is 4.21. The van der Waals surface area contributed by atoms with Crippen molar-refractivity contribution in [1.82, 2.24) is 10.0 Å². The second-order valence-electron chi connectivity index (χ2n) is 8.51. The fourth-order valence-corrected chi connectivity index (χ4v) is 4.54. The predicted molar refractivity (Wildman–Crippen MR) is 119 cm³/mol. The molecule has 1 aromatic carbocycles. The quantitative estimate of drug-likeness (QED) is 0.466. The lowest BCUT2D eigenvalue weighted by Crippen LogP contribution is -2.39. The topological polar surface area (TPSA) is 75.3 Å². The first-order chi connectivity index (χ1) is 13.6. The third kappa shape index (κ3) is 5.58. The minimum atomic E-state index is -3.34. The summed E-state index contributed by atoms with van der Waals surface area (Å²) in [4.78, 5) is 12.6. The molecule has 0 aromatic heterocycles. The van der Waals surface area contributed by atoms with Crippen molar-refractivity contribution in [2.45, 2.75) is 63.7 Å². The Kier molecular flexibility index (Phi) is 7.83. The summed E-state index contributed by atoms with van der Waals surface area (Å²) in [6, 6.07) is 8.12. The molecule has 0 bridgehead atoms. The van der Waals surface area contributed by atoms with E-state index >= 15 is 0 Å². The Morgan fingerprint density at radius 2 is 1.83 bits per heavy atom. The molecule has 0 saturated carbocycles. The molecule has 0 fully saturated rings. The number of nitrogens with one attached hydrogen (secondary N) is 2. The largest absolute Gasteiger partial charge is 0.349 e. The van der Waals surface area contributed by atoms with Gasteiger partial charge in [-0.2, -0.15) is 0 Å². The number of hydrogen-bond acceptors (Lipinski definition) is 3. The third-order valence-electron chi connectivity index (χ3n) is 5.41. The first-order valence-electron chi connectivity index (χ1n) is 10.2. The van der Waals surface area contributed by atoms with Crippen LogP contribution in [-0.4, -0.2) is 25.6 Å². The van der Waals surface area contributed by atoms with Crippen molar-refractivity contribution >= 4 is 15.9 Å². The van der Waals surface area contributed by atoms with Crippen LogP contribution in [-0.2, 0) is 14.8 Å². The van der Waals surface area contributed by atoms with Gasteiger partial charge in [-0.15, -0.1) is 6.58 Å². The summed E-state index contributed by atoms with van der Waals surface area (Å²) in [7, 11) is -3.34. The van der Waals surface area contributed by atoms with Gasteiger partial charge in [0, 0.05) is 24.8 Å². The van der Waals surface area contributed by atoms with E-state index < -0.39 is 14.8 Å². The van der Waals surface area contributed by atoms with Crippen LogP contribution >= 0.6 is 0 Å². The van der Waals surface area contributed by atoms with Gasteiger partial charge in [-0.1, -0.05) is 42.5 Å². The zero-order chi connectivity index (χ0) is 21.7. The lowest BCUT2D eigenvalue weighted by atomic mass is 9.90. The van der Waals surface area contributed by atoms with Crippen LogP contribution in [0.3, 0.4) is 0 Å². The van der Waals surface area contributed by atoms with Crippen LogP contribution in [0.4, 0.5) is 0 Å². The maximum absolute atomic E-state index is 12.6. The molecule has 3 atom stereocenters. The monoisotopic (exact) mass is 418 g/mol. The van der Waals surface area contributed by atoms with Crippen LogP contribution in [0.15, 0.2) is 49.1 Å². The van der Waals surface area contributed by atoms with Gasteiger partial charge in [0.1, 0.15) is 0 Å². The summed E-state index contributed by atoms with van der Waals surface area (Å²) < 4.78 is 25.9. The molecule has 0 radical (unpaired) electrons. The van der Waals surface area contributed by atoms with Gasteiger partial charge in [-0.25, -0.2) is 13.1 Å². The molecule has 2 N–H and O–H groups in total. The molecule has 0 saturated heterocycles. The average molecular weight is 419 g/mol. The number of sulfonamides is 1. The first kappa shape index (κ1) is 23.4. The Morgan fingerprint density at radius 1 is 1.17 bits per heavy atom. The number of fused-ring (bicyclic) bond motifs is 1. The molecule has 1 aromatic rings. The number of allylic oxidation sites excluding steroid dienone is 2. The smallest absolute Gasteiger partial charge is 0.220 e. The van der Waals surface area contributed by atoms with Gasteiger partial charge >= 0.3 is 0 Å². The highest BCUT2D eigenvalue weighted by atomic mass is 32.2. The van der Waals surface area contributed by atoms with Crippen molar-refractivity contribution in [3.05, 3.63) is 60.2 Å². The molecule has 0 heterocycles. The van der Waals surface area contributed by atoms with Gasteiger partial charge in [-0.3, -0.25) is 4.79 Å². The Labute approximate surface area is 175 Å². The molecule has 5 nitrogen and oxygen atoms in total. The first-order valence-corrected chi connectivity index (χ1v) is 11.7. The zero-order valence-corrected chi connectivity index (χ0v) is 18.8. The standard InChI is InChI=1S/C23H34N2O3S/c1-6-12-18-17(7-2)22(20-14-9-8-13-19(18)20)25-21(26)15-10-11-16-24-29(27,28)23(3,4)5/h6-9,12-14,17-18,22,24H,2,10-11,15-16H2,1,3-5H3,(H,25,26)/b12-6-. The number of hydrogen-bond donors (Lipinski definition) is 2. The van der Waals surface area contributed by atoms with Crippen molar-refractivity contribution in [2.75, 3.05) is 6.54 Å². The Morgan fingerprint density at radius 3 is 2.41 bits per heavy atom. The summed E-state index contributed by atoms with van der Waals surface area (Å²) >= 11 is 0. The Balaban J connectivity index is 1.91. The van der Waals surface area contributed by atoms with Crippen LogP contribution in [0, 0.1) is 5.92 Å². The third-order valence-corrected chi connectivity index (χ3v) is 7.60. The highest BCUT2D eigenvalue weighted by molar-refractivity contribution is 7.90. The highest BCUT2D eigenvalue weighted by Crippen LogP contribution is 2.46. The molecule has 29 heavy (non-hydrogen) atoms. The van der Waals surface area contributed by atoms with Crippen LogP contribution in [0.1, 0.15) is 70.0 Å². The minimum absolute atomic E-state index is 0.0172. The molecule has 0 aliphatic heterocycles. The van der Waals surface area contributed by atoms with Crippen LogP contribution < -0.4 is 10.0 Å². The zero-order valence-electron chi connectivity index (χ0n) is 17.9. The highest BCUT2D eigenvalue weighted by Gasteiger charge is 2.38. The number of unbranched alkanes of at least 4 members (excludes halogenated alkanes) is 1. The van der Waals surface area contributed by atoms with E-state index in [9.17, 15) is 13.2 Å². The number of rotatable bonds is 9. The number of amides is 1.